The van der Waals surface area contributed by atoms with Crippen LogP contribution in [0.25, 0.3) is 0 Å². The molecule has 0 aromatic heterocycles. The fourth-order valence-electron chi connectivity index (χ4n) is 1.80. The predicted octanol–water partition coefficient (Wildman–Crippen LogP) is 4.18. The van der Waals surface area contributed by atoms with Crippen LogP contribution in [0.5, 0.6) is 0 Å². The summed E-state index contributed by atoms with van der Waals surface area (Å²) in [5, 5.41) is 0.681. The zero-order chi connectivity index (χ0) is 10.0. The van der Waals surface area contributed by atoms with Crippen LogP contribution in [-0.4, -0.2) is 11.0 Å². The molecule has 0 aromatic rings. The van der Waals surface area contributed by atoms with Crippen molar-refractivity contribution >= 4 is 11.8 Å². The Bertz CT molecular complexity index is 234. The van der Waals surface area contributed by atoms with Gasteiger partial charge in [0.2, 0.25) is 0 Å². The molecule has 1 aliphatic carbocycles. The van der Waals surface area contributed by atoms with Crippen LogP contribution in [0.1, 0.15) is 41.0 Å². The molecule has 0 atom stereocenters. The summed E-state index contributed by atoms with van der Waals surface area (Å²) in [6.07, 6.45) is 1.28. The Morgan fingerprint density at radius 2 is 1.46 bits per heavy atom. The Morgan fingerprint density at radius 3 is 1.85 bits per heavy atom. The van der Waals surface area contributed by atoms with Crippen molar-refractivity contribution in [1.82, 2.24) is 0 Å². The van der Waals surface area contributed by atoms with Crippen molar-refractivity contribution in [2.45, 2.75) is 46.3 Å². The normalized spacial score (nSPS) is 19.2. The second-order valence-corrected chi connectivity index (χ2v) is 5.08. The first kappa shape index (κ1) is 10.9. The van der Waals surface area contributed by atoms with Crippen LogP contribution in [0, 0.1) is 0 Å². The molecule has 0 saturated heterocycles. The van der Waals surface area contributed by atoms with Gasteiger partial charge in [0.1, 0.15) is 0 Å². The van der Waals surface area contributed by atoms with Gasteiger partial charge in [-0.25, -0.2) is 0 Å². The highest BCUT2D eigenvalue weighted by Gasteiger charge is 2.23. The van der Waals surface area contributed by atoms with E-state index >= 15 is 0 Å². The molecule has 0 aromatic carbocycles. The summed E-state index contributed by atoms with van der Waals surface area (Å²) in [4.78, 5) is 0. The average molecular weight is 196 g/mol. The minimum absolute atomic E-state index is 0.681. The van der Waals surface area contributed by atoms with E-state index in [2.05, 4.69) is 46.4 Å². The van der Waals surface area contributed by atoms with E-state index in [1.807, 2.05) is 0 Å². The van der Waals surface area contributed by atoms with E-state index in [-0.39, 0.29) is 0 Å². The average Bonchev–Trinajstić information content (AvgIpc) is 2.30. The molecule has 0 fully saturated rings. The molecule has 0 amide bonds. The third-order valence-electron chi connectivity index (χ3n) is 3.02. The van der Waals surface area contributed by atoms with Gasteiger partial charge in [-0.05, 0) is 51.0 Å². The van der Waals surface area contributed by atoms with Gasteiger partial charge in [-0.15, -0.1) is 11.8 Å². The fourth-order valence-corrected chi connectivity index (χ4v) is 3.12. The van der Waals surface area contributed by atoms with E-state index in [0.717, 1.165) is 0 Å². The van der Waals surface area contributed by atoms with Crippen LogP contribution >= 0.6 is 11.8 Å². The van der Waals surface area contributed by atoms with Crippen LogP contribution in [0.15, 0.2) is 22.3 Å². The molecule has 1 aliphatic rings. The number of rotatable bonds is 3. The molecule has 0 N–H and O–H groups in total. The molecule has 1 heteroatoms. The molecular formula is C12H20S. The van der Waals surface area contributed by atoms with Crippen molar-refractivity contribution < 1.29 is 0 Å². The molecule has 0 unspecified atom stereocenters. The van der Waals surface area contributed by atoms with E-state index in [1.54, 1.807) is 11.1 Å². The molecule has 0 nitrogen and oxygen atoms in total. The summed E-state index contributed by atoms with van der Waals surface area (Å²) in [6.45, 7) is 11.3. The van der Waals surface area contributed by atoms with E-state index in [1.165, 1.54) is 23.3 Å². The lowest BCUT2D eigenvalue weighted by molar-refractivity contribution is 1.08. The molecule has 74 valence electrons. The third-order valence-corrected chi connectivity index (χ3v) is 4.71. The van der Waals surface area contributed by atoms with E-state index in [9.17, 15) is 0 Å². The second-order valence-electron chi connectivity index (χ2n) is 3.87. The Balaban J connectivity index is 2.77. The van der Waals surface area contributed by atoms with Crippen LogP contribution in [0.3, 0.4) is 0 Å². The number of allylic oxidation sites excluding steroid dienone is 2. The van der Waals surface area contributed by atoms with Gasteiger partial charge in [-0.3, -0.25) is 0 Å². The summed E-state index contributed by atoms with van der Waals surface area (Å²) in [5.74, 6) is 1.28. The minimum atomic E-state index is 0.681. The van der Waals surface area contributed by atoms with Gasteiger partial charge in [-0.2, -0.15) is 0 Å². The summed E-state index contributed by atoms with van der Waals surface area (Å²) in [5.41, 5.74) is 6.19. The molecule has 0 bridgehead atoms. The Kier molecular flexibility index (Phi) is 3.66. The van der Waals surface area contributed by atoms with Gasteiger partial charge < -0.3 is 0 Å². The quantitative estimate of drug-likeness (QED) is 0.652. The maximum absolute atomic E-state index is 2.28. The van der Waals surface area contributed by atoms with Gasteiger partial charge in [0.25, 0.3) is 0 Å². The van der Waals surface area contributed by atoms with Crippen LogP contribution < -0.4 is 0 Å². The van der Waals surface area contributed by atoms with Crippen molar-refractivity contribution in [1.29, 1.82) is 0 Å². The summed E-state index contributed by atoms with van der Waals surface area (Å²) < 4.78 is 0. The van der Waals surface area contributed by atoms with Gasteiger partial charge in [0.05, 0.1) is 0 Å². The first-order valence-electron chi connectivity index (χ1n) is 5.06. The highest BCUT2D eigenvalue weighted by molar-refractivity contribution is 8.00. The monoisotopic (exact) mass is 196 g/mol. The third kappa shape index (κ3) is 2.01. The van der Waals surface area contributed by atoms with Gasteiger partial charge in [0, 0.05) is 5.25 Å². The van der Waals surface area contributed by atoms with E-state index < -0.39 is 0 Å². The predicted molar refractivity (Wildman–Crippen MR) is 63.3 cm³/mol. The van der Waals surface area contributed by atoms with Gasteiger partial charge in [-0.1, -0.05) is 18.1 Å². The lowest BCUT2D eigenvalue weighted by atomic mass is 10.1. The number of thioether (sulfide) groups is 1. The van der Waals surface area contributed by atoms with Gasteiger partial charge >= 0.3 is 0 Å². The molecule has 1 rings (SSSR count). The Morgan fingerprint density at radius 1 is 1.00 bits per heavy atom. The zero-order valence-corrected chi connectivity index (χ0v) is 10.2. The summed E-state index contributed by atoms with van der Waals surface area (Å²) >= 11 is 2.09. The standard InChI is InChI=1S/C12H20S/c1-6-7-13-12-10(4)8(2)9(3)11(12)5/h12H,6-7H2,1-5H3. The highest BCUT2D eigenvalue weighted by atomic mass is 32.2. The highest BCUT2D eigenvalue weighted by Crippen LogP contribution is 2.38. The van der Waals surface area contributed by atoms with E-state index in [4.69, 9.17) is 0 Å². The first-order valence-corrected chi connectivity index (χ1v) is 6.11. The van der Waals surface area contributed by atoms with Crippen LogP contribution in [0.4, 0.5) is 0 Å². The largest absolute Gasteiger partial charge is 0.150 e. The SMILES string of the molecule is CCCSC1C(C)=C(C)C(C)=C1C. The number of hydrogen-bond acceptors (Lipinski definition) is 1. The Hall–Kier alpha value is -0.170. The fraction of sp³-hybridized carbons (Fsp3) is 0.667. The molecule has 0 aliphatic heterocycles. The number of hydrogen-bond donors (Lipinski definition) is 0. The van der Waals surface area contributed by atoms with Crippen molar-refractivity contribution in [3.8, 4) is 0 Å². The van der Waals surface area contributed by atoms with Crippen molar-refractivity contribution in [3.05, 3.63) is 22.3 Å². The molecular weight excluding hydrogens is 176 g/mol. The lowest BCUT2D eigenvalue weighted by Crippen LogP contribution is -2.03. The molecule has 0 heterocycles. The zero-order valence-electron chi connectivity index (χ0n) is 9.40. The minimum Gasteiger partial charge on any atom is -0.150 e. The van der Waals surface area contributed by atoms with Crippen LogP contribution in [-0.2, 0) is 0 Å². The molecule has 0 radical (unpaired) electrons. The van der Waals surface area contributed by atoms with Gasteiger partial charge in [0.15, 0.2) is 0 Å². The second kappa shape index (κ2) is 4.36. The van der Waals surface area contributed by atoms with Crippen LogP contribution in [0.2, 0.25) is 0 Å². The van der Waals surface area contributed by atoms with Crippen molar-refractivity contribution in [3.63, 3.8) is 0 Å². The molecule has 13 heavy (non-hydrogen) atoms. The topological polar surface area (TPSA) is 0 Å². The molecule has 0 spiro atoms. The molecule has 0 saturated carbocycles. The smallest absolute Gasteiger partial charge is 0.0472 e. The van der Waals surface area contributed by atoms with Crippen molar-refractivity contribution in [2.24, 2.45) is 0 Å². The maximum atomic E-state index is 2.28. The maximum Gasteiger partial charge on any atom is 0.0472 e. The summed E-state index contributed by atoms with van der Waals surface area (Å²) in [6, 6.07) is 0. The Labute approximate surface area is 86.5 Å². The first-order chi connectivity index (χ1) is 6.09. The summed E-state index contributed by atoms with van der Waals surface area (Å²) in [7, 11) is 0. The van der Waals surface area contributed by atoms with Crippen molar-refractivity contribution in [2.75, 3.05) is 5.75 Å². The van der Waals surface area contributed by atoms with E-state index in [0.29, 0.717) is 5.25 Å². The lowest BCUT2D eigenvalue weighted by Gasteiger charge is -2.13.